The minimum atomic E-state index is -0.815. The molecule has 1 unspecified atom stereocenters. The Morgan fingerprint density at radius 2 is 1.70 bits per heavy atom. The summed E-state index contributed by atoms with van der Waals surface area (Å²) >= 11 is 0. The van der Waals surface area contributed by atoms with Crippen molar-refractivity contribution in [2.75, 3.05) is 29.9 Å². The van der Waals surface area contributed by atoms with Gasteiger partial charge in [-0.25, -0.2) is 4.79 Å². The molecule has 1 fully saturated rings. The summed E-state index contributed by atoms with van der Waals surface area (Å²) in [5, 5.41) is 5.27. The van der Waals surface area contributed by atoms with Crippen molar-refractivity contribution >= 4 is 29.2 Å². The summed E-state index contributed by atoms with van der Waals surface area (Å²) in [7, 11) is 0. The highest BCUT2D eigenvalue weighted by molar-refractivity contribution is 5.93. The van der Waals surface area contributed by atoms with Gasteiger partial charge in [-0.2, -0.15) is 0 Å². The first kappa shape index (κ1) is 20.7. The highest BCUT2D eigenvalue weighted by Gasteiger charge is 2.26. The van der Waals surface area contributed by atoms with E-state index in [0.29, 0.717) is 5.69 Å². The van der Waals surface area contributed by atoms with Crippen molar-refractivity contribution in [3.63, 3.8) is 0 Å². The third-order valence-electron chi connectivity index (χ3n) is 4.35. The number of amides is 2. The SMILES string of the molecule is CC(NC(=O)C(C)(C)C)C(=O)OCC(=O)Nc1ccc(N2CCCC2)cc1. The Morgan fingerprint density at radius 1 is 1.11 bits per heavy atom. The van der Waals surface area contributed by atoms with E-state index in [1.807, 2.05) is 24.3 Å². The predicted octanol–water partition coefficient (Wildman–Crippen LogP) is 2.32. The number of anilines is 2. The molecule has 2 amide bonds. The van der Waals surface area contributed by atoms with E-state index in [2.05, 4.69) is 15.5 Å². The molecule has 2 rings (SSSR count). The van der Waals surface area contributed by atoms with Gasteiger partial charge in [-0.1, -0.05) is 20.8 Å². The minimum Gasteiger partial charge on any atom is -0.454 e. The Hall–Kier alpha value is -2.57. The first-order valence-electron chi connectivity index (χ1n) is 9.29. The van der Waals surface area contributed by atoms with E-state index in [-0.39, 0.29) is 5.91 Å². The fourth-order valence-electron chi connectivity index (χ4n) is 2.66. The molecule has 1 atom stereocenters. The number of nitrogens with zero attached hydrogens (tertiary/aromatic N) is 1. The molecule has 0 aromatic heterocycles. The predicted molar refractivity (Wildman–Crippen MR) is 105 cm³/mol. The first-order chi connectivity index (χ1) is 12.7. The second-order valence-corrected chi connectivity index (χ2v) is 7.84. The van der Waals surface area contributed by atoms with Gasteiger partial charge in [0.25, 0.3) is 5.91 Å². The van der Waals surface area contributed by atoms with E-state index >= 15 is 0 Å². The molecular formula is C20H29N3O4. The summed E-state index contributed by atoms with van der Waals surface area (Å²) in [5.41, 5.74) is 1.18. The maximum atomic E-state index is 12.0. The Balaban J connectivity index is 1.76. The van der Waals surface area contributed by atoms with Crippen LogP contribution in [0.1, 0.15) is 40.5 Å². The fourth-order valence-corrected chi connectivity index (χ4v) is 2.66. The number of carbonyl (C=O) groups excluding carboxylic acids is 3. The smallest absolute Gasteiger partial charge is 0.328 e. The number of ether oxygens (including phenoxy) is 1. The van der Waals surface area contributed by atoms with E-state index in [4.69, 9.17) is 4.74 Å². The number of nitrogens with one attached hydrogen (secondary N) is 2. The first-order valence-corrected chi connectivity index (χ1v) is 9.29. The van der Waals surface area contributed by atoms with Crippen LogP contribution in [0.5, 0.6) is 0 Å². The van der Waals surface area contributed by atoms with Crippen LogP contribution in [0.4, 0.5) is 11.4 Å². The van der Waals surface area contributed by atoms with Gasteiger partial charge < -0.3 is 20.3 Å². The standard InChI is InChI=1S/C20H29N3O4/c1-14(21-19(26)20(2,3)4)18(25)27-13-17(24)22-15-7-9-16(10-8-15)23-11-5-6-12-23/h7-10,14H,5-6,11-13H2,1-4H3,(H,21,26)(H,22,24). The van der Waals surface area contributed by atoms with Crippen LogP contribution in [0, 0.1) is 5.41 Å². The van der Waals surface area contributed by atoms with Crippen LogP contribution in [-0.2, 0) is 19.1 Å². The lowest BCUT2D eigenvalue weighted by atomic mass is 9.95. The van der Waals surface area contributed by atoms with Gasteiger partial charge in [0.1, 0.15) is 6.04 Å². The van der Waals surface area contributed by atoms with Crippen molar-refractivity contribution in [2.45, 2.75) is 46.6 Å². The van der Waals surface area contributed by atoms with E-state index in [0.717, 1.165) is 18.8 Å². The molecule has 0 spiro atoms. The third kappa shape index (κ3) is 6.27. The topological polar surface area (TPSA) is 87.7 Å². The number of esters is 1. The molecule has 148 valence electrons. The molecule has 7 nitrogen and oxygen atoms in total. The van der Waals surface area contributed by atoms with Crippen LogP contribution >= 0.6 is 0 Å². The van der Waals surface area contributed by atoms with Gasteiger partial charge >= 0.3 is 5.97 Å². The molecule has 27 heavy (non-hydrogen) atoms. The molecule has 0 saturated carbocycles. The summed E-state index contributed by atoms with van der Waals surface area (Å²) < 4.78 is 4.98. The van der Waals surface area contributed by atoms with Crippen LogP contribution in [0.15, 0.2) is 24.3 Å². The highest BCUT2D eigenvalue weighted by Crippen LogP contribution is 2.22. The van der Waals surface area contributed by atoms with Gasteiger partial charge in [0.05, 0.1) is 0 Å². The maximum Gasteiger partial charge on any atom is 0.328 e. The fraction of sp³-hybridized carbons (Fsp3) is 0.550. The van der Waals surface area contributed by atoms with Crippen molar-refractivity contribution in [1.82, 2.24) is 5.32 Å². The molecule has 1 aliphatic rings. The lowest BCUT2D eigenvalue weighted by Gasteiger charge is -2.21. The highest BCUT2D eigenvalue weighted by atomic mass is 16.5. The number of benzene rings is 1. The van der Waals surface area contributed by atoms with Gasteiger partial charge in [-0.15, -0.1) is 0 Å². The lowest BCUT2D eigenvalue weighted by molar-refractivity contribution is -0.150. The van der Waals surface area contributed by atoms with Crippen molar-refractivity contribution < 1.29 is 19.1 Å². The summed E-state index contributed by atoms with van der Waals surface area (Å²) in [6.45, 7) is 8.51. The zero-order valence-electron chi connectivity index (χ0n) is 16.5. The normalized spacial score (nSPS) is 15.2. The number of rotatable bonds is 6. The van der Waals surface area contributed by atoms with Crippen LogP contribution in [-0.4, -0.2) is 43.5 Å². The summed E-state index contributed by atoms with van der Waals surface area (Å²) in [5.74, 6) is -1.33. The quantitative estimate of drug-likeness (QED) is 0.745. The van der Waals surface area contributed by atoms with Crippen molar-refractivity contribution in [2.24, 2.45) is 5.41 Å². The molecule has 0 aliphatic carbocycles. The molecule has 1 aromatic rings. The average Bonchev–Trinajstić information content (AvgIpc) is 3.14. The molecule has 7 heteroatoms. The number of hydrogen-bond acceptors (Lipinski definition) is 5. The molecule has 2 N–H and O–H groups in total. The van der Waals surface area contributed by atoms with Gasteiger partial charge in [0, 0.05) is 29.9 Å². The summed E-state index contributed by atoms with van der Waals surface area (Å²) in [6.07, 6.45) is 2.41. The monoisotopic (exact) mass is 375 g/mol. The van der Waals surface area contributed by atoms with Gasteiger partial charge in [-0.3, -0.25) is 9.59 Å². The zero-order chi connectivity index (χ0) is 20.0. The number of hydrogen-bond donors (Lipinski definition) is 2. The maximum absolute atomic E-state index is 12.0. The Bertz CT molecular complexity index is 673. The third-order valence-corrected chi connectivity index (χ3v) is 4.35. The molecular weight excluding hydrogens is 346 g/mol. The molecule has 0 radical (unpaired) electrons. The van der Waals surface area contributed by atoms with E-state index in [1.165, 1.54) is 19.8 Å². The minimum absolute atomic E-state index is 0.255. The zero-order valence-corrected chi connectivity index (χ0v) is 16.5. The molecule has 1 saturated heterocycles. The second kappa shape index (κ2) is 8.88. The van der Waals surface area contributed by atoms with Crippen LogP contribution in [0.2, 0.25) is 0 Å². The molecule has 1 aliphatic heterocycles. The van der Waals surface area contributed by atoms with Crippen LogP contribution in [0.3, 0.4) is 0 Å². The van der Waals surface area contributed by atoms with E-state index in [9.17, 15) is 14.4 Å². The van der Waals surface area contributed by atoms with Crippen molar-refractivity contribution in [3.8, 4) is 0 Å². The van der Waals surface area contributed by atoms with Gasteiger partial charge in [0.15, 0.2) is 6.61 Å². The molecule has 1 aromatic carbocycles. The van der Waals surface area contributed by atoms with Crippen molar-refractivity contribution in [1.29, 1.82) is 0 Å². The van der Waals surface area contributed by atoms with Crippen LogP contribution in [0.25, 0.3) is 0 Å². The molecule has 1 heterocycles. The summed E-state index contributed by atoms with van der Waals surface area (Å²) in [6, 6.07) is 6.79. The molecule has 0 bridgehead atoms. The Kier molecular flexibility index (Phi) is 6.82. The largest absolute Gasteiger partial charge is 0.454 e. The second-order valence-electron chi connectivity index (χ2n) is 7.84. The lowest BCUT2D eigenvalue weighted by Crippen LogP contribution is -2.45. The van der Waals surface area contributed by atoms with Gasteiger partial charge in [0.2, 0.25) is 5.91 Å². The van der Waals surface area contributed by atoms with Gasteiger partial charge in [-0.05, 0) is 44.0 Å². The Labute approximate surface area is 160 Å². The van der Waals surface area contributed by atoms with Crippen molar-refractivity contribution in [3.05, 3.63) is 24.3 Å². The Morgan fingerprint density at radius 3 is 2.26 bits per heavy atom. The summed E-state index contributed by atoms with van der Waals surface area (Å²) in [4.78, 5) is 38.1. The number of carbonyl (C=O) groups is 3. The van der Waals surface area contributed by atoms with E-state index < -0.39 is 29.9 Å². The van der Waals surface area contributed by atoms with E-state index in [1.54, 1.807) is 20.8 Å². The average molecular weight is 375 g/mol. The van der Waals surface area contributed by atoms with Crippen LogP contribution < -0.4 is 15.5 Å².